The van der Waals surface area contributed by atoms with Gasteiger partial charge in [0.15, 0.2) is 0 Å². The van der Waals surface area contributed by atoms with Crippen molar-refractivity contribution >= 4 is 5.97 Å². The molecule has 2 aliphatic carbocycles. The van der Waals surface area contributed by atoms with E-state index in [-0.39, 0.29) is 29.3 Å². The fraction of sp³-hybridized carbons (Fsp3) is 0.750. The predicted octanol–water partition coefficient (Wildman–Crippen LogP) is 3.21. The minimum absolute atomic E-state index is 0.132. The summed E-state index contributed by atoms with van der Waals surface area (Å²) >= 11 is 0. The first kappa shape index (κ1) is 17.1. The van der Waals surface area contributed by atoms with Gasteiger partial charge in [0.1, 0.15) is 6.10 Å². The van der Waals surface area contributed by atoms with E-state index in [4.69, 9.17) is 9.15 Å². The van der Waals surface area contributed by atoms with Crippen molar-refractivity contribution in [1.29, 1.82) is 0 Å². The highest BCUT2D eigenvalue weighted by atomic mass is 16.5. The molecule has 1 aromatic rings. The van der Waals surface area contributed by atoms with Crippen LogP contribution >= 0.6 is 0 Å². The lowest BCUT2D eigenvalue weighted by molar-refractivity contribution is -0.251. The van der Waals surface area contributed by atoms with Crippen LogP contribution in [-0.2, 0) is 9.53 Å². The zero-order valence-corrected chi connectivity index (χ0v) is 15.2. The fourth-order valence-corrected chi connectivity index (χ4v) is 6.14. The average Bonchev–Trinajstić information content (AvgIpc) is 3.06. The molecule has 1 aliphatic heterocycles. The normalized spacial score (nSPS) is 49.9. The molecule has 25 heavy (non-hydrogen) atoms. The Bertz CT molecular complexity index is 666. The molecule has 5 nitrogen and oxygen atoms in total. The highest BCUT2D eigenvalue weighted by Crippen LogP contribution is 2.66. The number of esters is 1. The maximum absolute atomic E-state index is 12.8. The van der Waals surface area contributed by atoms with Crippen molar-refractivity contribution in [3.63, 3.8) is 0 Å². The molecule has 1 unspecified atom stereocenters. The van der Waals surface area contributed by atoms with Gasteiger partial charge in [-0.25, -0.2) is 0 Å². The van der Waals surface area contributed by atoms with E-state index >= 15 is 0 Å². The lowest BCUT2D eigenvalue weighted by atomic mass is 9.42. The van der Waals surface area contributed by atoms with E-state index < -0.39 is 17.1 Å². The van der Waals surface area contributed by atoms with Gasteiger partial charge < -0.3 is 19.4 Å². The lowest BCUT2D eigenvalue weighted by Gasteiger charge is -2.64. The highest BCUT2D eigenvalue weighted by molar-refractivity contribution is 5.75. The Morgan fingerprint density at radius 3 is 2.64 bits per heavy atom. The number of hydrogen-bond acceptors (Lipinski definition) is 5. The summed E-state index contributed by atoms with van der Waals surface area (Å²) in [7, 11) is 0. The first-order valence-corrected chi connectivity index (χ1v) is 9.33. The molecule has 2 saturated carbocycles. The van der Waals surface area contributed by atoms with E-state index in [9.17, 15) is 15.0 Å². The van der Waals surface area contributed by atoms with Crippen molar-refractivity contribution < 1.29 is 24.2 Å². The van der Waals surface area contributed by atoms with Crippen LogP contribution in [0.5, 0.6) is 0 Å². The number of fused-ring (bicyclic) bond motifs is 3. The first-order chi connectivity index (χ1) is 11.7. The second-order valence-electron chi connectivity index (χ2n) is 8.99. The van der Waals surface area contributed by atoms with Crippen LogP contribution < -0.4 is 0 Å². The fourth-order valence-electron chi connectivity index (χ4n) is 6.14. The average molecular weight is 348 g/mol. The number of rotatable bonds is 1. The van der Waals surface area contributed by atoms with Crippen LogP contribution in [-0.4, -0.2) is 27.9 Å². The number of cyclic esters (lactones) is 1. The van der Waals surface area contributed by atoms with Crippen LogP contribution in [0.3, 0.4) is 0 Å². The Morgan fingerprint density at radius 1 is 1.20 bits per heavy atom. The number of carbonyl (C=O) groups excluding carboxylic acids is 1. The minimum atomic E-state index is -1.14. The molecule has 7 atom stereocenters. The summed E-state index contributed by atoms with van der Waals surface area (Å²) in [5.41, 5.74) is -0.915. The van der Waals surface area contributed by atoms with Gasteiger partial charge in [0.05, 0.1) is 30.1 Å². The summed E-state index contributed by atoms with van der Waals surface area (Å²) in [4.78, 5) is 12.8. The van der Waals surface area contributed by atoms with Gasteiger partial charge in [-0.3, -0.25) is 4.79 Å². The number of ether oxygens (including phenoxy) is 1. The third-order valence-electron chi connectivity index (χ3n) is 7.93. The molecular weight excluding hydrogens is 320 g/mol. The molecule has 0 amide bonds. The molecule has 5 heteroatoms. The molecule has 0 spiro atoms. The Morgan fingerprint density at radius 2 is 1.96 bits per heavy atom. The van der Waals surface area contributed by atoms with Gasteiger partial charge in [0, 0.05) is 11.0 Å². The molecule has 2 heterocycles. The zero-order chi connectivity index (χ0) is 18.0. The van der Waals surface area contributed by atoms with Crippen LogP contribution in [0.15, 0.2) is 23.0 Å². The molecule has 0 bridgehead atoms. The second kappa shape index (κ2) is 5.34. The van der Waals surface area contributed by atoms with Gasteiger partial charge in [-0.1, -0.05) is 13.8 Å². The summed E-state index contributed by atoms with van der Waals surface area (Å²) < 4.78 is 10.9. The molecule has 4 rings (SSSR count). The largest absolute Gasteiger partial charge is 0.472 e. The van der Waals surface area contributed by atoms with Gasteiger partial charge in [-0.15, -0.1) is 0 Å². The van der Waals surface area contributed by atoms with Crippen LogP contribution in [0, 0.1) is 22.7 Å². The molecule has 3 fully saturated rings. The van der Waals surface area contributed by atoms with E-state index in [1.165, 1.54) is 0 Å². The van der Waals surface area contributed by atoms with E-state index in [0.717, 1.165) is 24.8 Å². The Kier molecular flexibility index (Phi) is 3.65. The van der Waals surface area contributed by atoms with Crippen molar-refractivity contribution in [1.82, 2.24) is 0 Å². The van der Waals surface area contributed by atoms with Crippen LogP contribution in [0.4, 0.5) is 0 Å². The van der Waals surface area contributed by atoms with E-state index in [1.807, 2.05) is 6.07 Å². The van der Waals surface area contributed by atoms with Crippen molar-refractivity contribution in [3.8, 4) is 0 Å². The highest BCUT2D eigenvalue weighted by Gasteiger charge is 2.66. The maximum Gasteiger partial charge on any atom is 0.310 e. The number of aliphatic hydroxyl groups excluding tert-OH is 1. The number of furan rings is 1. The summed E-state index contributed by atoms with van der Waals surface area (Å²) in [6, 6.07) is 1.85. The third-order valence-corrected chi connectivity index (χ3v) is 7.93. The lowest BCUT2D eigenvalue weighted by Crippen LogP contribution is -2.66. The molecule has 0 aromatic carbocycles. The van der Waals surface area contributed by atoms with Crippen molar-refractivity contribution in [2.45, 2.75) is 70.7 Å². The summed E-state index contributed by atoms with van der Waals surface area (Å²) in [5, 5.41) is 21.6. The van der Waals surface area contributed by atoms with E-state index in [1.54, 1.807) is 19.5 Å². The Labute approximate surface area is 148 Å². The monoisotopic (exact) mass is 348 g/mol. The van der Waals surface area contributed by atoms with E-state index in [0.29, 0.717) is 12.8 Å². The summed E-state index contributed by atoms with van der Waals surface area (Å²) in [6.07, 6.45) is 5.79. The predicted molar refractivity (Wildman–Crippen MR) is 90.5 cm³/mol. The second-order valence-corrected chi connectivity index (χ2v) is 8.99. The Hall–Kier alpha value is -1.33. The van der Waals surface area contributed by atoms with Gasteiger partial charge in [0.2, 0.25) is 0 Å². The first-order valence-electron chi connectivity index (χ1n) is 9.33. The van der Waals surface area contributed by atoms with Crippen molar-refractivity contribution in [3.05, 3.63) is 24.2 Å². The van der Waals surface area contributed by atoms with Crippen LogP contribution in [0.2, 0.25) is 0 Å². The number of carbonyl (C=O) groups is 1. The standard InChI is InChI=1S/C20H28O5/c1-18-10-14(12-7-9-24-11-12)25-17(22)13(18)6-8-19(2)15(18)4-5-16(21)20(19,3)23/h7,9,11,13-16,21,23H,4-6,8,10H2,1-3H3/t13?,14-,15+,16+,18-,19+,20-/m0/s1. The van der Waals surface area contributed by atoms with Crippen LogP contribution in [0.1, 0.15) is 64.5 Å². The smallest absolute Gasteiger partial charge is 0.310 e. The maximum atomic E-state index is 12.8. The zero-order valence-electron chi connectivity index (χ0n) is 15.2. The molecule has 2 N–H and O–H groups in total. The van der Waals surface area contributed by atoms with Crippen molar-refractivity contribution in [2.75, 3.05) is 0 Å². The van der Waals surface area contributed by atoms with Gasteiger partial charge in [0.25, 0.3) is 0 Å². The molecule has 1 aromatic heterocycles. The third kappa shape index (κ3) is 2.18. The van der Waals surface area contributed by atoms with Crippen LogP contribution in [0.25, 0.3) is 0 Å². The topological polar surface area (TPSA) is 79.9 Å². The summed E-state index contributed by atoms with van der Waals surface area (Å²) in [5.74, 6) is -0.105. The molecule has 0 radical (unpaired) electrons. The summed E-state index contributed by atoms with van der Waals surface area (Å²) in [6.45, 7) is 6.04. The van der Waals surface area contributed by atoms with Gasteiger partial charge >= 0.3 is 5.97 Å². The Balaban J connectivity index is 1.74. The quantitative estimate of drug-likeness (QED) is 0.762. The van der Waals surface area contributed by atoms with E-state index in [2.05, 4.69) is 13.8 Å². The number of aliphatic hydroxyl groups is 2. The van der Waals surface area contributed by atoms with Gasteiger partial charge in [-0.2, -0.15) is 0 Å². The van der Waals surface area contributed by atoms with Gasteiger partial charge in [-0.05, 0) is 56.4 Å². The molecule has 3 aliphatic rings. The SMILES string of the molecule is C[C@]12C[C@@H](c3ccoc3)OC(=O)C1CC[C@]1(C)[C@@H]2CC[C@@H](O)[C@]1(C)O. The van der Waals surface area contributed by atoms with Crippen molar-refractivity contribution in [2.24, 2.45) is 22.7 Å². The minimum Gasteiger partial charge on any atom is -0.472 e. The number of hydrogen-bond donors (Lipinski definition) is 2. The molecule has 138 valence electrons. The molecule has 1 saturated heterocycles. The molecular formula is C20H28O5.